The first-order chi connectivity index (χ1) is 7.56. The highest BCUT2D eigenvalue weighted by Gasteiger charge is 2.12. The normalized spacial score (nSPS) is 13.1. The van der Waals surface area contributed by atoms with Gasteiger partial charge in [0.05, 0.1) is 11.6 Å². The van der Waals surface area contributed by atoms with E-state index < -0.39 is 0 Å². The highest BCUT2D eigenvalue weighted by Crippen LogP contribution is 2.27. The Morgan fingerprint density at radius 1 is 1.50 bits per heavy atom. The summed E-state index contributed by atoms with van der Waals surface area (Å²) in [5, 5.41) is 10.2. The molecule has 1 unspecified atom stereocenters. The number of hydrogen-bond acceptors (Lipinski definition) is 3. The molecule has 0 aliphatic heterocycles. The van der Waals surface area contributed by atoms with Crippen molar-refractivity contribution in [3.05, 3.63) is 28.8 Å². The fourth-order valence-electron chi connectivity index (χ4n) is 1.48. The van der Waals surface area contributed by atoms with Crippen LogP contribution in [0.25, 0.3) is 0 Å². The molecule has 1 rings (SSSR count). The van der Waals surface area contributed by atoms with E-state index in [0.717, 1.165) is 5.56 Å². The van der Waals surface area contributed by atoms with Crippen LogP contribution in [0.2, 0.25) is 5.02 Å². The first-order valence-electron chi connectivity index (χ1n) is 5.21. The molecule has 0 saturated heterocycles. The smallest absolute Gasteiger partial charge is 0.138 e. The van der Waals surface area contributed by atoms with Crippen LogP contribution in [0.3, 0.4) is 0 Å². The summed E-state index contributed by atoms with van der Waals surface area (Å²) in [4.78, 5) is 2.11. The maximum atomic E-state index is 9.77. The van der Waals surface area contributed by atoms with Gasteiger partial charge in [0.2, 0.25) is 0 Å². The Bertz CT molecular complexity index is 344. The van der Waals surface area contributed by atoms with Crippen LogP contribution in [0.5, 0.6) is 5.75 Å². The number of benzene rings is 1. The Morgan fingerprint density at radius 3 is 2.81 bits per heavy atom. The summed E-state index contributed by atoms with van der Waals surface area (Å²) >= 11 is 5.84. The van der Waals surface area contributed by atoms with E-state index in [9.17, 15) is 5.11 Å². The molecule has 0 amide bonds. The van der Waals surface area contributed by atoms with E-state index in [1.807, 2.05) is 19.2 Å². The first-order valence-corrected chi connectivity index (χ1v) is 5.59. The van der Waals surface area contributed by atoms with Crippen molar-refractivity contribution in [3.8, 4) is 5.75 Å². The van der Waals surface area contributed by atoms with Crippen molar-refractivity contribution in [1.82, 2.24) is 4.90 Å². The topological polar surface area (TPSA) is 32.7 Å². The molecule has 0 aromatic heterocycles. The highest BCUT2D eigenvalue weighted by atomic mass is 35.5. The van der Waals surface area contributed by atoms with Crippen molar-refractivity contribution in [3.63, 3.8) is 0 Å². The van der Waals surface area contributed by atoms with Crippen molar-refractivity contribution < 1.29 is 9.84 Å². The van der Waals surface area contributed by atoms with E-state index in [1.54, 1.807) is 13.2 Å². The van der Waals surface area contributed by atoms with E-state index in [4.69, 9.17) is 16.3 Å². The average molecular weight is 244 g/mol. The molecule has 0 spiro atoms. The van der Waals surface area contributed by atoms with E-state index in [2.05, 4.69) is 11.8 Å². The van der Waals surface area contributed by atoms with Crippen molar-refractivity contribution >= 4 is 11.6 Å². The monoisotopic (exact) mass is 243 g/mol. The molecule has 0 aliphatic carbocycles. The zero-order valence-corrected chi connectivity index (χ0v) is 10.7. The molecule has 3 nitrogen and oxygen atoms in total. The van der Waals surface area contributed by atoms with E-state index in [0.29, 0.717) is 24.2 Å². The van der Waals surface area contributed by atoms with Gasteiger partial charge in [-0.1, -0.05) is 23.7 Å². The van der Waals surface area contributed by atoms with Crippen molar-refractivity contribution in [2.45, 2.75) is 19.5 Å². The van der Waals surface area contributed by atoms with Gasteiger partial charge in [0.1, 0.15) is 5.75 Å². The predicted molar refractivity (Wildman–Crippen MR) is 65.9 cm³/mol. The summed E-state index contributed by atoms with van der Waals surface area (Å²) in [6, 6.07) is 5.69. The van der Waals surface area contributed by atoms with Gasteiger partial charge in [-0.2, -0.15) is 0 Å². The Balaban J connectivity index is 2.69. The quantitative estimate of drug-likeness (QED) is 0.863. The third kappa shape index (κ3) is 3.37. The molecule has 0 saturated carbocycles. The number of methoxy groups -OCH3 is 1. The molecular formula is C12H18ClNO2. The summed E-state index contributed by atoms with van der Waals surface area (Å²) < 4.78 is 5.09. The van der Waals surface area contributed by atoms with Crippen molar-refractivity contribution in [2.24, 2.45) is 0 Å². The zero-order chi connectivity index (χ0) is 12.1. The van der Waals surface area contributed by atoms with Gasteiger partial charge in [0, 0.05) is 25.3 Å². The number of halogens is 1. The average Bonchev–Trinajstić information content (AvgIpc) is 2.25. The standard InChI is InChI=1S/C12H18ClNO2/c1-9(8-16-3)14(2)7-10-5-4-6-11(13)12(10)15/h4-6,9,15H,7-8H2,1-3H3. The SMILES string of the molecule is COCC(C)N(C)Cc1cccc(Cl)c1O. The summed E-state index contributed by atoms with van der Waals surface area (Å²) in [5.41, 5.74) is 0.831. The van der Waals surface area contributed by atoms with Crippen LogP contribution in [0.15, 0.2) is 18.2 Å². The molecule has 0 fully saturated rings. The number of nitrogens with zero attached hydrogens (tertiary/aromatic N) is 1. The molecule has 0 aliphatic rings. The Morgan fingerprint density at radius 2 is 2.19 bits per heavy atom. The number of aromatic hydroxyl groups is 1. The maximum absolute atomic E-state index is 9.77. The Labute approximate surface area is 102 Å². The molecule has 0 heterocycles. The minimum absolute atomic E-state index is 0.167. The highest BCUT2D eigenvalue weighted by molar-refractivity contribution is 6.32. The van der Waals surface area contributed by atoms with E-state index in [1.165, 1.54) is 0 Å². The second kappa shape index (κ2) is 6.09. The predicted octanol–water partition coefficient (Wildman–Crippen LogP) is 2.51. The Hall–Kier alpha value is -0.770. The number of likely N-dealkylation sites (N-methyl/N-ethyl adjacent to an activating group) is 1. The van der Waals surface area contributed by atoms with Gasteiger partial charge in [-0.05, 0) is 20.0 Å². The van der Waals surface area contributed by atoms with Gasteiger partial charge in [-0.25, -0.2) is 0 Å². The minimum atomic E-state index is 0.167. The zero-order valence-electron chi connectivity index (χ0n) is 9.90. The number of rotatable bonds is 5. The third-order valence-electron chi connectivity index (χ3n) is 2.65. The van der Waals surface area contributed by atoms with Gasteiger partial charge < -0.3 is 9.84 Å². The second-order valence-corrected chi connectivity index (χ2v) is 4.37. The number of ether oxygens (including phenoxy) is 1. The first kappa shape index (κ1) is 13.3. The summed E-state index contributed by atoms with van der Waals surface area (Å²) in [6.07, 6.45) is 0. The van der Waals surface area contributed by atoms with Crippen LogP contribution in [0.1, 0.15) is 12.5 Å². The second-order valence-electron chi connectivity index (χ2n) is 3.97. The van der Waals surface area contributed by atoms with E-state index >= 15 is 0 Å². The number of phenolic OH excluding ortho intramolecular Hbond substituents is 1. The summed E-state index contributed by atoms with van der Waals surface area (Å²) in [6.45, 7) is 3.39. The van der Waals surface area contributed by atoms with Gasteiger partial charge in [0.15, 0.2) is 0 Å². The van der Waals surface area contributed by atoms with Gasteiger partial charge in [-0.15, -0.1) is 0 Å². The lowest BCUT2D eigenvalue weighted by atomic mass is 10.1. The maximum Gasteiger partial charge on any atom is 0.138 e. The van der Waals surface area contributed by atoms with Crippen LogP contribution in [-0.2, 0) is 11.3 Å². The van der Waals surface area contributed by atoms with Crippen LogP contribution >= 0.6 is 11.6 Å². The largest absolute Gasteiger partial charge is 0.506 e. The van der Waals surface area contributed by atoms with Crippen LogP contribution < -0.4 is 0 Å². The van der Waals surface area contributed by atoms with Crippen molar-refractivity contribution in [2.75, 3.05) is 20.8 Å². The summed E-state index contributed by atoms with van der Waals surface area (Å²) in [5.74, 6) is 0.167. The number of hydrogen-bond donors (Lipinski definition) is 1. The lowest BCUT2D eigenvalue weighted by molar-refractivity contribution is 0.111. The minimum Gasteiger partial charge on any atom is -0.506 e. The fourth-order valence-corrected chi connectivity index (χ4v) is 1.67. The molecular weight excluding hydrogens is 226 g/mol. The van der Waals surface area contributed by atoms with Gasteiger partial charge in [-0.3, -0.25) is 4.90 Å². The molecule has 1 aromatic rings. The molecule has 1 atom stereocenters. The van der Waals surface area contributed by atoms with E-state index in [-0.39, 0.29) is 5.75 Å². The summed E-state index contributed by atoms with van der Waals surface area (Å²) in [7, 11) is 3.67. The molecule has 4 heteroatoms. The van der Waals surface area contributed by atoms with Crippen molar-refractivity contribution in [1.29, 1.82) is 0 Å². The molecule has 1 N–H and O–H groups in total. The van der Waals surface area contributed by atoms with Crippen LogP contribution in [-0.4, -0.2) is 36.8 Å². The molecule has 16 heavy (non-hydrogen) atoms. The molecule has 90 valence electrons. The number of phenols is 1. The van der Waals surface area contributed by atoms with Gasteiger partial charge >= 0.3 is 0 Å². The molecule has 1 aromatic carbocycles. The van der Waals surface area contributed by atoms with Gasteiger partial charge in [0.25, 0.3) is 0 Å². The lowest BCUT2D eigenvalue weighted by Crippen LogP contribution is -2.32. The van der Waals surface area contributed by atoms with Crippen LogP contribution in [0.4, 0.5) is 0 Å². The molecule has 0 radical (unpaired) electrons. The fraction of sp³-hybridized carbons (Fsp3) is 0.500. The third-order valence-corrected chi connectivity index (χ3v) is 2.96. The Kier molecular flexibility index (Phi) is 5.06. The molecule has 0 bridgehead atoms. The van der Waals surface area contributed by atoms with Crippen LogP contribution in [0, 0.1) is 0 Å². The number of para-hydroxylation sites is 1. The lowest BCUT2D eigenvalue weighted by Gasteiger charge is -2.24.